The summed E-state index contributed by atoms with van der Waals surface area (Å²) in [6.45, 7) is 7.68. The number of anilines is 1. The van der Waals surface area contributed by atoms with Gasteiger partial charge in [-0.2, -0.15) is 0 Å². The van der Waals surface area contributed by atoms with Crippen molar-refractivity contribution in [1.82, 2.24) is 4.90 Å². The summed E-state index contributed by atoms with van der Waals surface area (Å²) in [5.41, 5.74) is 0.891. The zero-order valence-electron chi connectivity index (χ0n) is 25.9. The second-order valence-corrected chi connectivity index (χ2v) is 12.9. The highest BCUT2D eigenvalue weighted by molar-refractivity contribution is 7.15. The lowest BCUT2D eigenvalue weighted by Gasteiger charge is -2.49. The van der Waals surface area contributed by atoms with E-state index >= 15 is 0 Å². The van der Waals surface area contributed by atoms with Crippen LogP contribution in [0.5, 0.6) is 11.5 Å². The highest BCUT2D eigenvalue weighted by Crippen LogP contribution is 2.60. The van der Waals surface area contributed by atoms with Crippen molar-refractivity contribution >= 4 is 40.0 Å². The lowest BCUT2D eigenvalue weighted by Crippen LogP contribution is -2.64. The van der Waals surface area contributed by atoms with E-state index < -0.39 is 28.7 Å². The molecule has 2 bridgehead atoms. The van der Waals surface area contributed by atoms with E-state index in [1.54, 1.807) is 30.5 Å². The number of hydrogen-bond donors (Lipinski definition) is 1. The molecule has 3 atom stereocenters. The Morgan fingerprint density at radius 3 is 2.41 bits per heavy atom. The number of imide groups is 1. The van der Waals surface area contributed by atoms with E-state index in [4.69, 9.17) is 14.2 Å². The molecule has 1 saturated carbocycles. The van der Waals surface area contributed by atoms with Crippen molar-refractivity contribution in [3.63, 3.8) is 0 Å². The molecule has 1 aliphatic heterocycles. The maximum atomic E-state index is 14.2. The Balaban J connectivity index is 1.55. The van der Waals surface area contributed by atoms with Crippen molar-refractivity contribution in [2.75, 3.05) is 26.1 Å². The summed E-state index contributed by atoms with van der Waals surface area (Å²) >= 11 is 1.17. The van der Waals surface area contributed by atoms with Gasteiger partial charge in [0.2, 0.25) is 17.7 Å². The van der Waals surface area contributed by atoms with E-state index in [2.05, 4.69) is 5.32 Å². The van der Waals surface area contributed by atoms with Gasteiger partial charge in [0, 0.05) is 23.3 Å². The van der Waals surface area contributed by atoms with Crippen LogP contribution in [0.4, 0.5) is 5.00 Å². The number of likely N-dealkylation sites (tertiary alicyclic amines) is 1. The number of benzene rings is 2. The molecule has 3 unspecified atom stereocenters. The molecule has 1 aliphatic carbocycles. The molecule has 3 amide bonds. The standard InChI is InChI=1S/C34H38N2O7S/c1-7-43-31(39)27-22(21-13-14-25(41-5)26(18-21)42-6)19-44-29(27)35-28(37)24(17-20-11-9-8-10-12-20)36-30(38)23-15-16-34(4,32(36)40)33(23,2)3/h8-14,18-19,23-24H,7,15-17H2,1-6H3,(H,35,37). The van der Waals surface area contributed by atoms with Crippen LogP contribution in [0.25, 0.3) is 11.1 Å². The minimum atomic E-state index is -1.12. The van der Waals surface area contributed by atoms with Crippen LogP contribution in [0, 0.1) is 16.7 Å². The fourth-order valence-corrected chi connectivity index (χ4v) is 7.51. The van der Waals surface area contributed by atoms with Crippen molar-refractivity contribution in [2.24, 2.45) is 16.7 Å². The summed E-state index contributed by atoms with van der Waals surface area (Å²) in [6, 6.07) is 13.5. The molecule has 44 heavy (non-hydrogen) atoms. The summed E-state index contributed by atoms with van der Waals surface area (Å²) in [7, 11) is 3.06. The summed E-state index contributed by atoms with van der Waals surface area (Å²) < 4.78 is 16.2. The van der Waals surface area contributed by atoms with E-state index in [1.165, 1.54) is 30.5 Å². The maximum Gasteiger partial charge on any atom is 0.341 e. The third-order valence-corrected chi connectivity index (χ3v) is 10.4. The van der Waals surface area contributed by atoms with Gasteiger partial charge < -0.3 is 19.5 Å². The Morgan fingerprint density at radius 1 is 1.05 bits per heavy atom. The highest BCUT2D eigenvalue weighted by Gasteiger charge is 2.65. The van der Waals surface area contributed by atoms with Gasteiger partial charge in [0.15, 0.2) is 11.5 Å². The molecule has 10 heteroatoms. The molecule has 1 aromatic heterocycles. The van der Waals surface area contributed by atoms with E-state index in [1.807, 2.05) is 51.1 Å². The molecule has 5 rings (SSSR count). The second kappa shape index (κ2) is 12.1. The zero-order chi connectivity index (χ0) is 31.8. The molecule has 9 nitrogen and oxygen atoms in total. The van der Waals surface area contributed by atoms with Crippen LogP contribution < -0.4 is 14.8 Å². The van der Waals surface area contributed by atoms with Crippen LogP contribution in [0.2, 0.25) is 0 Å². The number of carbonyl (C=O) groups is 4. The molecule has 3 aromatic rings. The predicted molar refractivity (Wildman–Crippen MR) is 168 cm³/mol. The molecule has 1 N–H and O–H groups in total. The van der Waals surface area contributed by atoms with Crippen LogP contribution in [-0.4, -0.2) is 55.5 Å². The summed E-state index contributed by atoms with van der Waals surface area (Å²) in [4.78, 5) is 56.8. The number of nitrogens with one attached hydrogen (secondary N) is 1. The van der Waals surface area contributed by atoms with Gasteiger partial charge in [0.1, 0.15) is 16.6 Å². The van der Waals surface area contributed by atoms with Gasteiger partial charge in [-0.3, -0.25) is 19.3 Å². The monoisotopic (exact) mass is 618 g/mol. The highest BCUT2D eigenvalue weighted by atomic mass is 32.1. The molecule has 1 saturated heterocycles. The van der Waals surface area contributed by atoms with Crippen molar-refractivity contribution in [1.29, 1.82) is 0 Å². The molecule has 0 radical (unpaired) electrons. The molecule has 2 aromatic carbocycles. The third kappa shape index (κ3) is 5.15. The zero-order valence-corrected chi connectivity index (χ0v) is 26.7. The number of carbonyl (C=O) groups excluding carboxylic acids is 4. The number of amides is 3. The lowest BCUT2D eigenvalue weighted by atomic mass is 9.62. The van der Waals surface area contributed by atoms with Crippen LogP contribution in [-0.2, 0) is 25.5 Å². The first kappa shape index (κ1) is 31.3. The van der Waals surface area contributed by atoms with Crippen LogP contribution in [0.15, 0.2) is 53.9 Å². The number of thiophene rings is 1. The van der Waals surface area contributed by atoms with Crippen molar-refractivity contribution < 1.29 is 33.4 Å². The topological polar surface area (TPSA) is 111 Å². The number of ether oxygens (including phenoxy) is 3. The van der Waals surface area contributed by atoms with Gasteiger partial charge in [-0.25, -0.2) is 4.79 Å². The average molecular weight is 619 g/mol. The Kier molecular flexibility index (Phi) is 8.57. The predicted octanol–water partition coefficient (Wildman–Crippen LogP) is 5.97. The molecular weight excluding hydrogens is 580 g/mol. The molecule has 232 valence electrons. The average Bonchev–Trinajstić information content (AvgIpc) is 3.50. The fraction of sp³-hybridized carbons (Fsp3) is 0.412. The van der Waals surface area contributed by atoms with Gasteiger partial charge in [-0.05, 0) is 48.4 Å². The first-order chi connectivity index (χ1) is 21.0. The number of fused-ring (bicyclic) bond motifs is 2. The quantitative estimate of drug-likeness (QED) is 0.220. The Hall–Kier alpha value is -4.18. The molecule has 2 heterocycles. The van der Waals surface area contributed by atoms with Gasteiger partial charge in [-0.1, -0.05) is 57.2 Å². The third-order valence-electron chi connectivity index (χ3n) is 9.54. The van der Waals surface area contributed by atoms with Gasteiger partial charge in [0.05, 0.1) is 26.2 Å². The normalized spacial score (nSPS) is 21.1. The van der Waals surface area contributed by atoms with E-state index in [9.17, 15) is 19.2 Å². The second-order valence-electron chi connectivity index (χ2n) is 12.0. The number of hydrogen-bond acceptors (Lipinski definition) is 8. The number of piperidine rings is 1. The summed E-state index contributed by atoms with van der Waals surface area (Å²) in [6.07, 6.45) is 1.31. The van der Waals surface area contributed by atoms with E-state index in [0.29, 0.717) is 35.5 Å². The molecule has 0 spiro atoms. The minimum absolute atomic E-state index is 0.135. The Morgan fingerprint density at radius 2 is 1.75 bits per heavy atom. The summed E-state index contributed by atoms with van der Waals surface area (Å²) in [5.74, 6) is -1.18. The van der Waals surface area contributed by atoms with Crippen LogP contribution in [0.3, 0.4) is 0 Å². The molecule has 2 aliphatic rings. The SMILES string of the molecule is CCOC(=O)c1c(-c2ccc(OC)c(OC)c2)csc1NC(=O)C(Cc1ccccc1)N1C(=O)C2CCC(C)(C1=O)C2(C)C. The first-order valence-corrected chi connectivity index (χ1v) is 15.6. The maximum absolute atomic E-state index is 14.2. The van der Waals surface area contributed by atoms with Gasteiger partial charge >= 0.3 is 5.97 Å². The molecular formula is C34H38N2O7S. The van der Waals surface area contributed by atoms with Gasteiger partial charge in [-0.15, -0.1) is 11.3 Å². The van der Waals surface area contributed by atoms with Crippen LogP contribution in [0.1, 0.15) is 56.5 Å². The largest absolute Gasteiger partial charge is 0.493 e. The van der Waals surface area contributed by atoms with Crippen molar-refractivity contribution in [3.05, 3.63) is 65.0 Å². The summed E-state index contributed by atoms with van der Waals surface area (Å²) in [5, 5.41) is 4.94. The molecule has 2 fully saturated rings. The Bertz CT molecular complexity index is 1600. The lowest BCUT2D eigenvalue weighted by molar-refractivity contribution is -0.172. The van der Waals surface area contributed by atoms with E-state index in [-0.39, 0.29) is 41.3 Å². The number of esters is 1. The van der Waals surface area contributed by atoms with Gasteiger partial charge in [0.25, 0.3) is 0 Å². The number of rotatable bonds is 10. The number of methoxy groups -OCH3 is 2. The first-order valence-electron chi connectivity index (χ1n) is 14.7. The van der Waals surface area contributed by atoms with E-state index in [0.717, 1.165) is 5.56 Å². The minimum Gasteiger partial charge on any atom is -0.493 e. The van der Waals surface area contributed by atoms with Crippen LogP contribution >= 0.6 is 11.3 Å². The Labute approximate surface area is 261 Å². The smallest absolute Gasteiger partial charge is 0.341 e. The fourth-order valence-electron chi connectivity index (χ4n) is 6.55. The van der Waals surface area contributed by atoms with Crippen molar-refractivity contribution in [2.45, 2.75) is 53.0 Å². The number of nitrogens with zero attached hydrogens (tertiary/aromatic N) is 1. The van der Waals surface area contributed by atoms with Crippen molar-refractivity contribution in [3.8, 4) is 22.6 Å².